The molecule has 0 N–H and O–H groups in total. The van der Waals surface area contributed by atoms with Gasteiger partial charge in [0.15, 0.2) is 24.7 Å². The van der Waals surface area contributed by atoms with Crippen LogP contribution in [0.25, 0.3) is 0 Å². The van der Waals surface area contributed by atoms with Gasteiger partial charge in [0.25, 0.3) is 0 Å². The van der Waals surface area contributed by atoms with Gasteiger partial charge in [0.2, 0.25) is 0 Å². The maximum Gasteiger partial charge on any atom is 0.178 e. The molecule has 0 saturated heterocycles. The van der Waals surface area contributed by atoms with Crippen LogP contribution in [0.5, 0.6) is 0 Å². The summed E-state index contributed by atoms with van der Waals surface area (Å²) in [6.07, 6.45) is 0. The van der Waals surface area contributed by atoms with Gasteiger partial charge in [-0.1, -0.05) is 0 Å². The molecule has 1 aromatic carbocycles. The van der Waals surface area contributed by atoms with Crippen LogP contribution in [0.2, 0.25) is 0 Å². The second-order valence-electron chi connectivity index (χ2n) is 2.37. The van der Waals surface area contributed by atoms with Crippen molar-refractivity contribution in [2.24, 2.45) is 0 Å². The summed E-state index contributed by atoms with van der Waals surface area (Å²) in [6, 6.07) is 2.21. The summed E-state index contributed by atoms with van der Waals surface area (Å²) in [4.78, 5) is -0.889. The lowest BCUT2D eigenvalue weighted by molar-refractivity contribution is 0.882. The Morgan fingerprint density at radius 2 is 1.35 bits per heavy atom. The fraction of sp³-hybridized carbons (Fsp3) is 0. The van der Waals surface area contributed by atoms with Crippen molar-refractivity contribution in [3.8, 4) is 0 Å². The quantitative estimate of drug-likeness (QED) is 0.426. The van der Waals surface area contributed by atoms with Gasteiger partial charge in [0.05, 0.1) is 56.8 Å². The van der Waals surface area contributed by atoms with Crippen molar-refractivity contribution < 1.29 is 19.4 Å². The predicted octanol–water partition coefficient (Wildman–Crippen LogP) is 6.49. The average molecular weight is 343 g/mol. The van der Waals surface area contributed by atoms with Crippen molar-refractivity contribution in [2.75, 3.05) is 3.71 Å². The van der Waals surface area contributed by atoms with Crippen LogP contribution in [-0.2, 0) is 0 Å². The minimum Gasteiger partial charge on any atom is -0.201 e. The highest BCUT2D eigenvalue weighted by Gasteiger charge is 2.22. The van der Waals surface area contributed by atoms with Gasteiger partial charge in [-0.3, -0.25) is 0 Å². The molecule has 0 fully saturated rings. The molecule has 0 amide bonds. The number of hydrogen-bond acceptors (Lipinski definition) is 6. The van der Waals surface area contributed by atoms with Crippen molar-refractivity contribution in [1.29, 1.82) is 0 Å². The van der Waals surface area contributed by atoms with E-state index >= 15 is 0 Å². The van der Waals surface area contributed by atoms with E-state index in [0.717, 1.165) is 12.1 Å². The SMILES string of the molecule is FSc1ccc(N(SF)SF)c(SF)c1SF. The molecule has 0 radical (unpaired) electrons. The van der Waals surface area contributed by atoms with Crippen LogP contribution in [0, 0.1) is 0 Å². The van der Waals surface area contributed by atoms with Gasteiger partial charge in [0, 0.05) is 0 Å². The first-order valence-electron chi connectivity index (χ1n) is 3.63. The number of benzene rings is 1. The molecule has 0 heterocycles. The second-order valence-corrected chi connectivity index (χ2v) is 5.32. The lowest BCUT2D eigenvalue weighted by Gasteiger charge is -2.16. The van der Waals surface area contributed by atoms with E-state index in [-0.39, 0.29) is 44.7 Å². The summed E-state index contributed by atoms with van der Waals surface area (Å²) in [5.74, 6) is 0. The highest BCUT2D eigenvalue weighted by Crippen LogP contribution is 2.48. The van der Waals surface area contributed by atoms with Gasteiger partial charge in [-0.25, -0.2) is 3.71 Å². The Kier molecular flexibility index (Phi) is 7.07. The Hall–Kier alpha value is 0.420. The summed E-state index contributed by atoms with van der Waals surface area (Å²) in [5, 5.41) is 0. The molecule has 11 heteroatoms. The van der Waals surface area contributed by atoms with Gasteiger partial charge in [0.1, 0.15) is 0 Å². The molecule has 1 aromatic rings. The van der Waals surface area contributed by atoms with Crippen LogP contribution >= 0.6 is 61.1 Å². The minimum atomic E-state index is -0.506. The first-order chi connectivity index (χ1) is 8.23. The third-order valence-corrected chi connectivity index (χ3v) is 4.51. The zero-order valence-corrected chi connectivity index (χ0v) is 11.6. The maximum absolute atomic E-state index is 12.7. The lowest BCUT2D eigenvalue weighted by Crippen LogP contribution is -2.01. The van der Waals surface area contributed by atoms with Gasteiger partial charge in [-0.15, -0.1) is 7.77 Å². The van der Waals surface area contributed by atoms with Crippen LogP contribution in [0.3, 0.4) is 0 Å². The van der Waals surface area contributed by atoms with Crippen LogP contribution in [-0.4, -0.2) is 0 Å². The van der Waals surface area contributed by atoms with Crippen LogP contribution < -0.4 is 3.71 Å². The first-order valence-corrected chi connectivity index (χ1v) is 7.13. The van der Waals surface area contributed by atoms with Crippen molar-refractivity contribution in [1.82, 2.24) is 0 Å². The fourth-order valence-corrected chi connectivity index (χ4v) is 3.10. The Morgan fingerprint density at radius 3 is 1.76 bits per heavy atom. The van der Waals surface area contributed by atoms with E-state index in [1.54, 1.807) is 0 Å². The largest absolute Gasteiger partial charge is 0.201 e. The summed E-state index contributed by atoms with van der Waals surface area (Å²) in [6.45, 7) is 0. The summed E-state index contributed by atoms with van der Waals surface area (Å²) >= 11 is -2.08. The molecule has 0 aliphatic heterocycles. The van der Waals surface area contributed by atoms with E-state index in [1.165, 1.54) is 0 Å². The van der Waals surface area contributed by atoms with Gasteiger partial charge >= 0.3 is 0 Å². The molecule has 17 heavy (non-hydrogen) atoms. The molecule has 96 valence electrons. The van der Waals surface area contributed by atoms with Gasteiger partial charge < -0.3 is 0 Å². The van der Waals surface area contributed by atoms with Gasteiger partial charge in [-0.2, -0.15) is 11.7 Å². The number of halogens is 5. The highest BCUT2D eigenvalue weighted by molar-refractivity contribution is 8.13. The topological polar surface area (TPSA) is 3.24 Å². The summed E-state index contributed by atoms with van der Waals surface area (Å²) < 4.78 is 62.8. The fourth-order valence-electron chi connectivity index (χ4n) is 0.971. The molecule has 1 nitrogen and oxygen atoms in total. The summed E-state index contributed by atoms with van der Waals surface area (Å²) in [5.41, 5.74) is -0.226. The molecule has 0 unspecified atom stereocenters. The Morgan fingerprint density at radius 1 is 0.765 bits per heavy atom. The lowest BCUT2D eigenvalue weighted by atomic mass is 10.3. The Labute approximate surface area is 116 Å². The van der Waals surface area contributed by atoms with Crippen LogP contribution in [0.4, 0.5) is 25.1 Å². The number of anilines is 1. The Bertz CT molecular complexity index is 376. The molecule has 1 rings (SSSR count). The molecule has 0 bridgehead atoms. The average Bonchev–Trinajstić information content (AvgIpc) is 2.39. The van der Waals surface area contributed by atoms with E-state index in [9.17, 15) is 19.4 Å². The number of rotatable bonds is 6. The maximum atomic E-state index is 12.7. The molecule has 0 aromatic heterocycles. The molecule has 0 spiro atoms. The normalized spacial score (nSPS) is 10.6. The number of hydrogen-bond donors (Lipinski definition) is 0. The molecule has 0 saturated carbocycles. The van der Waals surface area contributed by atoms with E-state index in [4.69, 9.17) is 0 Å². The van der Waals surface area contributed by atoms with Gasteiger partial charge in [-0.05, 0) is 12.1 Å². The smallest absolute Gasteiger partial charge is 0.178 e. The molecule has 0 atom stereocenters. The standard InChI is InChI=1S/C6H2F5NS5/c7-13-4-2-1-3(12(16-10)17-11)5(14-8)6(4)15-9/h1-2H. The number of nitrogens with zero attached hydrogens (tertiary/aromatic N) is 1. The van der Waals surface area contributed by atoms with E-state index in [2.05, 4.69) is 0 Å². The minimum absolute atomic E-state index is 0.158. The van der Waals surface area contributed by atoms with Crippen molar-refractivity contribution in [3.63, 3.8) is 0 Å². The van der Waals surface area contributed by atoms with E-state index in [0.29, 0.717) is 3.71 Å². The highest BCUT2D eigenvalue weighted by atomic mass is 32.3. The van der Waals surface area contributed by atoms with Crippen molar-refractivity contribution in [2.45, 2.75) is 14.7 Å². The van der Waals surface area contributed by atoms with Crippen molar-refractivity contribution >= 4 is 66.8 Å². The zero-order valence-electron chi connectivity index (χ0n) is 7.53. The van der Waals surface area contributed by atoms with E-state index in [1.807, 2.05) is 0 Å². The first kappa shape index (κ1) is 15.5. The zero-order chi connectivity index (χ0) is 12.8. The monoisotopic (exact) mass is 343 g/mol. The Balaban J connectivity index is 3.31. The summed E-state index contributed by atoms with van der Waals surface area (Å²) in [7, 11) is 0. The van der Waals surface area contributed by atoms with Crippen LogP contribution in [0.15, 0.2) is 26.8 Å². The van der Waals surface area contributed by atoms with Crippen LogP contribution in [0.1, 0.15) is 0 Å². The molecule has 0 aliphatic carbocycles. The molecule has 0 aliphatic rings. The second kappa shape index (κ2) is 7.77. The third-order valence-electron chi connectivity index (χ3n) is 1.61. The molecular formula is C6H2F5NS5. The van der Waals surface area contributed by atoms with E-state index < -0.39 is 36.8 Å². The van der Waals surface area contributed by atoms with Crippen molar-refractivity contribution in [3.05, 3.63) is 12.1 Å². The molecular weight excluding hydrogens is 341 g/mol. The third kappa shape index (κ3) is 3.46. The predicted molar refractivity (Wildman–Crippen MR) is 67.2 cm³/mol.